The zero-order chi connectivity index (χ0) is 16.0. The molecule has 0 spiro atoms. The van der Waals surface area contributed by atoms with Crippen molar-refractivity contribution in [2.24, 2.45) is 0 Å². The highest BCUT2D eigenvalue weighted by atomic mass is 35.5. The molecular formula is C20H22ClNO. The first-order valence-electron chi connectivity index (χ1n) is 8.25. The molecule has 2 nitrogen and oxygen atoms in total. The lowest BCUT2D eigenvalue weighted by molar-refractivity contribution is -0.0567. The van der Waals surface area contributed by atoms with Gasteiger partial charge in [-0.25, -0.2) is 0 Å². The minimum atomic E-state index is -0.111. The highest BCUT2D eigenvalue weighted by molar-refractivity contribution is 6.32. The van der Waals surface area contributed by atoms with Gasteiger partial charge in [-0.15, -0.1) is 0 Å². The number of benzene rings is 2. The quantitative estimate of drug-likeness (QED) is 0.803. The topological polar surface area (TPSA) is 12.5 Å². The van der Waals surface area contributed by atoms with E-state index in [9.17, 15) is 0 Å². The zero-order valence-electron chi connectivity index (χ0n) is 13.7. The Kier molecular flexibility index (Phi) is 3.72. The van der Waals surface area contributed by atoms with Gasteiger partial charge in [0.15, 0.2) is 0 Å². The first kappa shape index (κ1) is 15.2. The number of aryl methyl sites for hydroxylation is 1. The Bertz CT molecular complexity index is 730. The molecule has 0 bridgehead atoms. The van der Waals surface area contributed by atoms with Crippen LogP contribution in [0, 0.1) is 6.92 Å². The number of nitrogens with zero attached hydrogens (tertiary/aromatic N) is 1. The molecule has 1 unspecified atom stereocenters. The zero-order valence-corrected chi connectivity index (χ0v) is 14.4. The fourth-order valence-corrected chi connectivity index (χ4v) is 4.30. The normalized spacial score (nSPS) is 26.8. The van der Waals surface area contributed by atoms with E-state index in [0.29, 0.717) is 12.5 Å². The first-order valence-corrected chi connectivity index (χ1v) is 8.63. The van der Waals surface area contributed by atoms with E-state index in [4.69, 9.17) is 16.3 Å². The monoisotopic (exact) mass is 327 g/mol. The molecule has 4 rings (SSSR count). The van der Waals surface area contributed by atoms with E-state index in [1.54, 1.807) is 0 Å². The molecule has 0 N–H and O–H groups in total. The average Bonchev–Trinajstić information content (AvgIpc) is 2.88. The summed E-state index contributed by atoms with van der Waals surface area (Å²) < 4.78 is 6.29. The molecule has 1 fully saturated rings. The Labute approximate surface area is 143 Å². The Morgan fingerprint density at radius 3 is 2.78 bits per heavy atom. The fraction of sp³-hybridized carbons (Fsp3) is 0.400. The summed E-state index contributed by atoms with van der Waals surface area (Å²) in [6.45, 7) is 7.91. The van der Waals surface area contributed by atoms with Crippen LogP contribution < -0.4 is 0 Å². The highest BCUT2D eigenvalue weighted by Gasteiger charge is 2.48. The molecule has 0 aromatic heterocycles. The standard InChI is InChI=1S/C20H22ClNO/c1-14-8-9-16-17(19(14)21)12-23-20(2)13-22(11-18(16)20)10-15-6-4-3-5-7-15/h3-9,18H,10-13H2,1-2H3/t18?,20-/m0/s1. The molecule has 120 valence electrons. The summed E-state index contributed by atoms with van der Waals surface area (Å²) in [5, 5.41) is 0.881. The average molecular weight is 328 g/mol. The molecule has 2 aliphatic rings. The maximum Gasteiger partial charge on any atom is 0.0866 e. The van der Waals surface area contributed by atoms with Crippen LogP contribution in [-0.4, -0.2) is 23.6 Å². The number of hydrogen-bond acceptors (Lipinski definition) is 2. The van der Waals surface area contributed by atoms with Gasteiger partial charge < -0.3 is 4.74 Å². The first-order chi connectivity index (χ1) is 11.1. The fourth-order valence-electron chi connectivity index (χ4n) is 4.07. The van der Waals surface area contributed by atoms with Gasteiger partial charge in [0, 0.05) is 36.1 Å². The second-order valence-electron chi connectivity index (χ2n) is 7.07. The molecule has 0 amide bonds. The number of rotatable bonds is 2. The summed E-state index contributed by atoms with van der Waals surface area (Å²) in [5.41, 5.74) is 4.95. The SMILES string of the molecule is Cc1ccc2c(c1Cl)CO[C@@]1(C)CN(Cc3ccccc3)CC21. The minimum Gasteiger partial charge on any atom is -0.369 e. The number of ether oxygens (including phenoxy) is 1. The number of hydrogen-bond donors (Lipinski definition) is 0. The molecule has 2 heterocycles. The lowest BCUT2D eigenvalue weighted by atomic mass is 9.81. The van der Waals surface area contributed by atoms with Crippen molar-refractivity contribution in [1.82, 2.24) is 4.90 Å². The molecule has 2 aliphatic heterocycles. The third-order valence-electron chi connectivity index (χ3n) is 5.36. The summed E-state index contributed by atoms with van der Waals surface area (Å²) in [7, 11) is 0. The van der Waals surface area contributed by atoms with E-state index in [-0.39, 0.29) is 5.60 Å². The van der Waals surface area contributed by atoms with E-state index in [1.165, 1.54) is 16.7 Å². The van der Waals surface area contributed by atoms with E-state index in [1.807, 2.05) is 0 Å². The van der Waals surface area contributed by atoms with E-state index in [0.717, 1.165) is 30.2 Å². The van der Waals surface area contributed by atoms with Gasteiger partial charge in [0.25, 0.3) is 0 Å². The molecular weight excluding hydrogens is 306 g/mol. The van der Waals surface area contributed by atoms with Crippen molar-refractivity contribution in [3.05, 3.63) is 69.7 Å². The highest BCUT2D eigenvalue weighted by Crippen LogP contribution is 2.46. The Morgan fingerprint density at radius 2 is 2.00 bits per heavy atom. The number of fused-ring (bicyclic) bond motifs is 3. The molecule has 0 saturated carbocycles. The van der Waals surface area contributed by atoms with Crippen molar-refractivity contribution >= 4 is 11.6 Å². The third-order valence-corrected chi connectivity index (χ3v) is 5.88. The van der Waals surface area contributed by atoms with Crippen LogP contribution in [0.4, 0.5) is 0 Å². The van der Waals surface area contributed by atoms with Crippen LogP contribution in [-0.2, 0) is 17.9 Å². The summed E-state index contributed by atoms with van der Waals surface area (Å²) in [6.07, 6.45) is 0. The van der Waals surface area contributed by atoms with Gasteiger partial charge in [0.1, 0.15) is 0 Å². The van der Waals surface area contributed by atoms with Crippen molar-refractivity contribution < 1.29 is 4.74 Å². The van der Waals surface area contributed by atoms with Crippen molar-refractivity contribution in [2.75, 3.05) is 13.1 Å². The number of likely N-dealkylation sites (tertiary alicyclic amines) is 1. The smallest absolute Gasteiger partial charge is 0.0866 e. The Hall–Kier alpha value is -1.35. The maximum absolute atomic E-state index is 6.52. The lowest BCUT2D eigenvalue weighted by Crippen LogP contribution is -2.40. The largest absolute Gasteiger partial charge is 0.369 e. The second kappa shape index (κ2) is 5.62. The molecule has 1 saturated heterocycles. The summed E-state index contributed by atoms with van der Waals surface area (Å²) in [6, 6.07) is 15.1. The third kappa shape index (κ3) is 2.59. The van der Waals surface area contributed by atoms with Crippen LogP contribution in [0.3, 0.4) is 0 Å². The molecule has 2 aromatic rings. The van der Waals surface area contributed by atoms with E-state index < -0.39 is 0 Å². The molecule has 2 aromatic carbocycles. The molecule has 0 aliphatic carbocycles. The summed E-state index contributed by atoms with van der Waals surface area (Å²) in [4.78, 5) is 2.50. The van der Waals surface area contributed by atoms with E-state index >= 15 is 0 Å². The van der Waals surface area contributed by atoms with Crippen LogP contribution in [0.1, 0.15) is 35.1 Å². The Morgan fingerprint density at radius 1 is 1.22 bits per heavy atom. The van der Waals surface area contributed by atoms with Crippen LogP contribution in [0.25, 0.3) is 0 Å². The molecule has 3 heteroatoms. The maximum atomic E-state index is 6.52. The van der Waals surface area contributed by atoms with Gasteiger partial charge in [-0.1, -0.05) is 54.1 Å². The summed E-state index contributed by atoms with van der Waals surface area (Å²) >= 11 is 6.52. The van der Waals surface area contributed by atoms with Gasteiger partial charge >= 0.3 is 0 Å². The van der Waals surface area contributed by atoms with Gasteiger partial charge in [-0.05, 0) is 30.5 Å². The van der Waals surface area contributed by atoms with Crippen molar-refractivity contribution in [3.8, 4) is 0 Å². The van der Waals surface area contributed by atoms with Crippen molar-refractivity contribution in [1.29, 1.82) is 0 Å². The Balaban J connectivity index is 1.63. The lowest BCUT2D eigenvalue weighted by Gasteiger charge is -2.37. The molecule has 2 atom stereocenters. The minimum absolute atomic E-state index is 0.111. The molecule has 0 radical (unpaired) electrons. The predicted octanol–water partition coefficient (Wildman–Crippen LogP) is 4.54. The van der Waals surface area contributed by atoms with Crippen molar-refractivity contribution in [2.45, 2.75) is 38.5 Å². The predicted molar refractivity (Wildman–Crippen MR) is 93.8 cm³/mol. The van der Waals surface area contributed by atoms with Gasteiger partial charge in [0.2, 0.25) is 0 Å². The molecule has 23 heavy (non-hydrogen) atoms. The number of halogens is 1. The second-order valence-corrected chi connectivity index (χ2v) is 7.45. The van der Waals surface area contributed by atoms with Crippen molar-refractivity contribution in [3.63, 3.8) is 0 Å². The van der Waals surface area contributed by atoms with Crippen LogP contribution in [0.2, 0.25) is 5.02 Å². The van der Waals surface area contributed by atoms with Gasteiger partial charge in [-0.3, -0.25) is 4.90 Å². The van der Waals surface area contributed by atoms with Crippen LogP contribution in [0.5, 0.6) is 0 Å². The van der Waals surface area contributed by atoms with Crippen LogP contribution in [0.15, 0.2) is 42.5 Å². The van der Waals surface area contributed by atoms with E-state index in [2.05, 4.69) is 61.2 Å². The van der Waals surface area contributed by atoms with Gasteiger partial charge in [-0.2, -0.15) is 0 Å². The van der Waals surface area contributed by atoms with Crippen LogP contribution >= 0.6 is 11.6 Å². The van der Waals surface area contributed by atoms with Gasteiger partial charge in [0.05, 0.1) is 12.2 Å². The summed E-state index contributed by atoms with van der Waals surface area (Å²) in [5.74, 6) is 0.396.